The molecule has 8 nitrogen and oxygen atoms in total. The highest BCUT2D eigenvalue weighted by molar-refractivity contribution is 5.78. The van der Waals surface area contributed by atoms with Crippen molar-refractivity contribution in [3.05, 3.63) is 63.8 Å². The van der Waals surface area contributed by atoms with Gasteiger partial charge in [0.1, 0.15) is 0 Å². The van der Waals surface area contributed by atoms with Gasteiger partial charge in [-0.1, -0.05) is 6.07 Å². The van der Waals surface area contributed by atoms with Gasteiger partial charge in [-0.3, -0.25) is 24.4 Å². The molecule has 3 aliphatic heterocycles. The number of aromatic nitrogens is 2. The fourth-order valence-corrected chi connectivity index (χ4v) is 5.95. The van der Waals surface area contributed by atoms with Crippen molar-refractivity contribution in [2.45, 2.75) is 57.0 Å². The predicted molar refractivity (Wildman–Crippen MR) is 134 cm³/mol. The van der Waals surface area contributed by atoms with Crippen LogP contribution in [-0.2, 0) is 35.2 Å². The maximum absolute atomic E-state index is 13.2. The van der Waals surface area contributed by atoms with Crippen LogP contribution in [0.1, 0.15) is 36.1 Å². The molecule has 206 valence electrons. The molecule has 2 aromatic rings. The van der Waals surface area contributed by atoms with Gasteiger partial charge in [-0.2, -0.15) is 13.2 Å². The van der Waals surface area contributed by atoms with Crippen molar-refractivity contribution < 1.29 is 22.7 Å². The molecule has 3 aliphatic rings. The smallest absolute Gasteiger partial charge is 0.381 e. The van der Waals surface area contributed by atoms with Gasteiger partial charge in [0.25, 0.3) is 5.56 Å². The van der Waals surface area contributed by atoms with Gasteiger partial charge in [0.2, 0.25) is 5.91 Å². The third-order valence-electron chi connectivity index (χ3n) is 7.98. The first-order valence-corrected chi connectivity index (χ1v) is 13.3. The summed E-state index contributed by atoms with van der Waals surface area (Å²) in [5.74, 6) is 0.148. The maximum Gasteiger partial charge on any atom is 0.416 e. The summed E-state index contributed by atoms with van der Waals surface area (Å²) >= 11 is 0. The molecule has 1 unspecified atom stereocenters. The van der Waals surface area contributed by atoms with E-state index in [1.165, 1.54) is 10.1 Å². The minimum Gasteiger partial charge on any atom is -0.381 e. The Morgan fingerprint density at radius 3 is 2.71 bits per heavy atom. The lowest BCUT2D eigenvalue weighted by molar-refractivity contribution is -0.138. The number of hydrogen-bond acceptors (Lipinski definition) is 6. The van der Waals surface area contributed by atoms with Crippen LogP contribution in [0.2, 0.25) is 0 Å². The minimum absolute atomic E-state index is 0.00135. The van der Waals surface area contributed by atoms with E-state index in [2.05, 4.69) is 21.3 Å². The minimum atomic E-state index is -4.59. The number of nitrogens with one attached hydrogen (secondary N) is 1. The zero-order chi connectivity index (χ0) is 26.7. The number of carbonyl (C=O) groups is 1. The Hall–Kier alpha value is -2.76. The summed E-state index contributed by atoms with van der Waals surface area (Å²) in [6, 6.07) is 6.10. The summed E-state index contributed by atoms with van der Waals surface area (Å²) in [6.07, 6.45) is 2.84. The van der Waals surface area contributed by atoms with Crippen molar-refractivity contribution in [2.75, 3.05) is 39.4 Å². The average Bonchev–Trinajstić information content (AvgIpc) is 3.30. The van der Waals surface area contributed by atoms with Gasteiger partial charge in [0, 0.05) is 82.2 Å². The van der Waals surface area contributed by atoms with Gasteiger partial charge in [0.05, 0.1) is 12.1 Å². The molecular formula is C27H34F3N5O3. The number of alkyl halides is 3. The van der Waals surface area contributed by atoms with Gasteiger partial charge in [-0.05, 0) is 49.3 Å². The summed E-state index contributed by atoms with van der Waals surface area (Å²) in [4.78, 5) is 33.8. The first-order valence-electron chi connectivity index (χ1n) is 13.3. The van der Waals surface area contributed by atoms with E-state index in [-0.39, 0.29) is 43.2 Å². The summed E-state index contributed by atoms with van der Waals surface area (Å²) < 4.78 is 46.5. The maximum atomic E-state index is 13.2. The first-order chi connectivity index (χ1) is 18.3. The Bertz CT molecular complexity index is 1170. The molecule has 5 rings (SSSR count). The predicted octanol–water partition coefficient (Wildman–Crippen LogP) is 2.31. The van der Waals surface area contributed by atoms with Crippen LogP contribution in [0, 0.1) is 5.92 Å². The third-order valence-corrected chi connectivity index (χ3v) is 7.98. The Morgan fingerprint density at radius 2 is 1.97 bits per heavy atom. The summed E-state index contributed by atoms with van der Waals surface area (Å²) in [7, 11) is 0. The van der Waals surface area contributed by atoms with Crippen molar-refractivity contribution in [2.24, 2.45) is 5.92 Å². The zero-order valence-electron chi connectivity index (χ0n) is 21.3. The summed E-state index contributed by atoms with van der Waals surface area (Å²) in [5, 5.41) is 3.23. The average molecular weight is 534 g/mol. The number of fused-ring (bicyclic) bond motifs is 1. The molecule has 1 N–H and O–H groups in total. The second kappa shape index (κ2) is 11.5. The van der Waals surface area contributed by atoms with Crippen LogP contribution in [0.15, 0.2) is 41.5 Å². The van der Waals surface area contributed by atoms with Gasteiger partial charge in [-0.25, -0.2) is 0 Å². The summed E-state index contributed by atoms with van der Waals surface area (Å²) in [5.41, 5.74) is -0.155. The molecule has 38 heavy (non-hydrogen) atoms. The normalized spacial score (nSPS) is 23.3. The Balaban J connectivity index is 1.22. The van der Waals surface area contributed by atoms with E-state index in [4.69, 9.17) is 4.74 Å². The third kappa shape index (κ3) is 6.44. The van der Waals surface area contributed by atoms with Gasteiger partial charge >= 0.3 is 6.18 Å². The molecule has 0 aliphatic carbocycles. The molecule has 0 saturated carbocycles. The van der Waals surface area contributed by atoms with Gasteiger partial charge in [-0.15, -0.1) is 0 Å². The van der Waals surface area contributed by atoms with E-state index >= 15 is 0 Å². The second-order valence-corrected chi connectivity index (χ2v) is 10.6. The van der Waals surface area contributed by atoms with E-state index in [1.54, 1.807) is 11.1 Å². The van der Waals surface area contributed by atoms with Crippen molar-refractivity contribution in [3.8, 4) is 0 Å². The molecule has 11 heteroatoms. The van der Waals surface area contributed by atoms with E-state index in [9.17, 15) is 22.8 Å². The number of likely N-dealkylation sites (tertiary alicyclic amines) is 1. The highest BCUT2D eigenvalue weighted by Gasteiger charge is 2.37. The Labute approximate surface area is 219 Å². The molecular weight excluding hydrogens is 499 g/mol. The molecule has 0 spiro atoms. The number of amides is 1. The lowest BCUT2D eigenvalue weighted by atomic mass is 9.95. The molecule has 2 aromatic heterocycles. The molecule has 2 atom stereocenters. The first kappa shape index (κ1) is 26.8. The number of rotatable bonds is 7. The molecule has 0 aromatic carbocycles. The molecule has 0 bridgehead atoms. The number of nitrogens with zero attached hydrogens (tertiary/aromatic N) is 4. The highest BCUT2D eigenvalue weighted by atomic mass is 19.4. The number of halogens is 3. The molecule has 5 heterocycles. The highest BCUT2D eigenvalue weighted by Crippen LogP contribution is 2.30. The van der Waals surface area contributed by atoms with Crippen LogP contribution in [0.4, 0.5) is 13.2 Å². The fraction of sp³-hybridized carbons (Fsp3) is 0.593. The summed E-state index contributed by atoms with van der Waals surface area (Å²) in [6.45, 7) is 4.09. The number of aryl methyl sites for hydroxylation is 1. The number of pyridine rings is 2. The standard InChI is InChI=1S/C27H34F3N5O3/c28-27(29,30)21-12-23-16-33(8-9-35(23)26(37)13-21)18-25(36)32-24-17-34(22-5-10-38-11-6-22)15-20(24)4-3-19-2-1-7-31-14-19/h1-2,7,12-14,20,22,24H,3-6,8-11,15-18H2,(H,32,36)/t20-,24?/m0/s1. The monoisotopic (exact) mass is 533 g/mol. The van der Waals surface area contributed by atoms with Gasteiger partial charge < -0.3 is 14.6 Å². The van der Waals surface area contributed by atoms with E-state index in [0.717, 1.165) is 58.1 Å². The quantitative estimate of drug-likeness (QED) is 0.589. The van der Waals surface area contributed by atoms with E-state index in [1.807, 2.05) is 12.3 Å². The van der Waals surface area contributed by atoms with Gasteiger partial charge in [0.15, 0.2) is 0 Å². The van der Waals surface area contributed by atoms with Crippen LogP contribution in [0.25, 0.3) is 0 Å². The van der Waals surface area contributed by atoms with Crippen molar-refractivity contribution in [1.82, 2.24) is 24.7 Å². The van der Waals surface area contributed by atoms with Crippen LogP contribution in [0.5, 0.6) is 0 Å². The van der Waals surface area contributed by atoms with Crippen LogP contribution < -0.4 is 10.9 Å². The van der Waals surface area contributed by atoms with Crippen LogP contribution >= 0.6 is 0 Å². The molecule has 2 fully saturated rings. The Morgan fingerprint density at radius 1 is 1.16 bits per heavy atom. The lowest BCUT2D eigenvalue weighted by Crippen LogP contribution is -2.48. The topological polar surface area (TPSA) is 79.7 Å². The van der Waals surface area contributed by atoms with Crippen molar-refractivity contribution in [3.63, 3.8) is 0 Å². The van der Waals surface area contributed by atoms with Crippen LogP contribution in [-0.4, -0.2) is 76.7 Å². The van der Waals surface area contributed by atoms with Crippen LogP contribution in [0.3, 0.4) is 0 Å². The molecule has 1 amide bonds. The lowest BCUT2D eigenvalue weighted by Gasteiger charge is -2.31. The molecule has 0 radical (unpaired) electrons. The largest absolute Gasteiger partial charge is 0.416 e. The van der Waals surface area contributed by atoms with Crippen molar-refractivity contribution in [1.29, 1.82) is 0 Å². The fourth-order valence-electron chi connectivity index (χ4n) is 5.95. The second-order valence-electron chi connectivity index (χ2n) is 10.6. The number of ether oxygens (including phenoxy) is 1. The van der Waals surface area contributed by atoms with E-state index in [0.29, 0.717) is 18.7 Å². The van der Waals surface area contributed by atoms with Crippen molar-refractivity contribution >= 4 is 5.91 Å². The number of carbonyl (C=O) groups excluding carboxylic acids is 1. The SMILES string of the molecule is O=C(CN1CCn2c(cc(C(F)(F)F)cc2=O)C1)NC1CN(C2CCOCC2)C[C@@H]1CCc1cccnc1. The zero-order valence-corrected chi connectivity index (χ0v) is 21.3. The number of hydrogen-bond donors (Lipinski definition) is 1. The Kier molecular flexibility index (Phi) is 8.15. The molecule has 2 saturated heterocycles. The van der Waals surface area contributed by atoms with E-state index < -0.39 is 17.3 Å².